The lowest BCUT2D eigenvalue weighted by Gasteiger charge is -2.36. The number of likely N-dealkylation sites (tertiary alicyclic amines) is 1. The molecule has 3 heterocycles. The van der Waals surface area contributed by atoms with Crippen LogP contribution in [0.1, 0.15) is 44.9 Å². The Hall–Kier alpha value is -1.30. The number of carboxylic acid groups (broad SMARTS) is 1. The third kappa shape index (κ3) is 3.00. The summed E-state index contributed by atoms with van der Waals surface area (Å²) >= 11 is 0. The number of fused-ring (bicyclic) bond motifs is 1. The summed E-state index contributed by atoms with van der Waals surface area (Å²) in [5, 5.41) is 12.4. The number of carboxylic acids is 1. The smallest absolute Gasteiger partial charge is 0.326 e. The van der Waals surface area contributed by atoms with Crippen LogP contribution in [0.3, 0.4) is 0 Å². The molecule has 0 aliphatic carbocycles. The summed E-state index contributed by atoms with van der Waals surface area (Å²) in [4.78, 5) is 27.8. The molecule has 3 unspecified atom stereocenters. The van der Waals surface area contributed by atoms with Gasteiger partial charge in [-0.3, -0.25) is 4.90 Å². The van der Waals surface area contributed by atoms with E-state index in [1.165, 1.54) is 17.7 Å². The van der Waals surface area contributed by atoms with Crippen molar-refractivity contribution in [3.8, 4) is 0 Å². The normalized spacial score (nSPS) is 33.5. The van der Waals surface area contributed by atoms with E-state index in [9.17, 15) is 14.7 Å². The number of carbonyl (C=O) groups excluding carboxylic acids is 1. The number of nitrogens with one attached hydrogen (secondary N) is 1. The second-order valence-electron chi connectivity index (χ2n) is 6.49. The molecule has 0 aromatic rings. The molecule has 2 N–H and O–H groups in total. The quantitative estimate of drug-likeness (QED) is 0.804. The number of rotatable bonds is 2. The highest BCUT2D eigenvalue weighted by Crippen LogP contribution is 2.27. The van der Waals surface area contributed by atoms with Crippen LogP contribution in [0, 0.1) is 0 Å². The summed E-state index contributed by atoms with van der Waals surface area (Å²) < 4.78 is 0. The van der Waals surface area contributed by atoms with Gasteiger partial charge in [0.15, 0.2) is 0 Å². The molecule has 0 radical (unpaired) electrons. The molecule has 3 saturated heterocycles. The molecule has 0 aromatic carbocycles. The van der Waals surface area contributed by atoms with E-state index < -0.39 is 12.0 Å². The molecule has 6 heteroatoms. The van der Waals surface area contributed by atoms with Gasteiger partial charge in [-0.05, 0) is 45.1 Å². The zero-order valence-corrected chi connectivity index (χ0v) is 12.5. The lowest BCUT2D eigenvalue weighted by Crippen LogP contribution is -2.56. The zero-order valence-electron chi connectivity index (χ0n) is 12.5. The molecule has 6 nitrogen and oxygen atoms in total. The van der Waals surface area contributed by atoms with Crippen molar-refractivity contribution in [3.63, 3.8) is 0 Å². The molecular weight excluding hydrogens is 270 g/mol. The summed E-state index contributed by atoms with van der Waals surface area (Å²) in [7, 11) is 0. The van der Waals surface area contributed by atoms with Crippen molar-refractivity contribution in [2.45, 2.75) is 63.1 Å². The molecule has 0 saturated carbocycles. The van der Waals surface area contributed by atoms with Crippen LogP contribution in [0.15, 0.2) is 0 Å². The first-order valence-corrected chi connectivity index (χ1v) is 8.21. The van der Waals surface area contributed by atoms with Gasteiger partial charge in [-0.15, -0.1) is 0 Å². The second kappa shape index (κ2) is 6.22. The third-order valence-electron chi connectivity index (χ3n) is 5.21. The van der Waals surface area contributed by atoms with Crippen molar-refractivity contribution in [3.05, 3.63) is 0 Å². The topological polar surface area (TPSA) is 72.9 Å². The van der Waals surface area contributed by atoms with Gasteiger partial charge < -0.3 is 15.3 Å². The fraction of sp³-hybridized carbons (Fsp3) is 0.867. The molecule has 3 aliphatic rings. The lowest BCUT2D eigenvalue weighted by molar-refractivity contribution is -0.143. The van der Waals surface area contributed by atoms with Gasteiger partial charge in [-0.25, -0.2) is 9.59 Å². The van der Waals surface area contributed by atoms with Crippen molar-refractivity contribution in [1.29, 1.82) is 0 Å². The van der Waals surface area contributed by atoms with E-state index in [0.29, 0.717) is 19.0 Å². The summed E-state index contributed by atoms with van der Waals surface area (Å²) in [6.45, 7) is 2.75. The van der Waals surface area contributed by atoms with Crippen molar-refractivity contribution in [1.82, 2.24) is 15.1 Å². The number of hydrogen-bond acceptors (Lipinski definition) is 3. The molecule has 3 atom stereocenters. The van der Waals surface area contributed by atoms with Crippen LogP contribution in [-0.2, 0) is 4.79 Å². The third-order valence-corrected chi connectivity index (χ3v) is 5.21. The Bertz CT molecular complexity index is 415. The van der Waals surface area contributed by atoms with Crippen LogP contribution < -0.4 is 5.32 Å². The van der Waals surface area contributed by atoms with Crippen molar-refractivity contribution >= 4 is 12.0 Å². The fourth-order valence-electron chi connectivity index (χ4n) is 4.09. The van der Waals surface area contributed by atoms with Crippen molar-refractivity contribution < 1.29 is 14.7 Å². The van der Waals surface area contributed by atoms with Gasteiger partial charge in [-0.1, -0.05) is 6.42 Å². The Labute approximate surface area is 125 Å². The summed E-state index contributed by atoms with van der Waals surface area (Å²) in [5.74, 6) is -0.879. The molecular formula is C15H25N3O3. The average molecular weight is 295 g/mol. The number of urea groups is 1. The molecule has 0 bridgehead atoms. The SMILES string of the molecule is O=C(O)C1CCCCN1C(=O)NC1CCN2CCCCC12. The fourth-order valence-corrected chi connectivity index (χ4v) is 4.09. The zero-order chi connectivity index (χ0) is 14.8. The van der Waals surface area contributed by atoms with E-state index in [4.69, 9.17) is 0 Å². The van der Waals surface area contributed by atoms with Crippen molar-refractivity contribution in [2.24, 2.45) is 0 Å². The molecule has 0 spiro atoms. The first-order chi connectivity index (χ1) is 10.2. The minimum Gasteiger partial charge on any atom is -0.480 e. The van der Waals surface area contributed by atoms with Gasteiger partial charge in [0.1, 0.15) is 6.04 Å². The minimum atomic E-state index is -0.879. The first-order valence-electron chi connectivity index (χ1n) is 8.21. The second-order valence-corrected chi connectivity index (χ2v) is 6.49. The Morgan fingerprint density at radius 2 is 1.71 bits per heavy atom. The molecule has 0 aromatic heterocycles. The first kappa shape index (κ1) is 14.6. The van der Waals surface area contributed by atoms with Crippen LogP contribution in [-0.4, -0.2) is 64.7 Å². The van der Waals surface area contributed by atoms with Crippen LogP contribution in [0.25, 0.3) is 0 Å². The average Bonchev–Trinajstić information content (AvgIpc) is 2.90. The van der Waals surface area contributed by atoms with Gasteiger partial charge in [0.05, 0.1) is 0 Å². The number of carbonyl (C=O) groups is 2. The highest BCUT2D eigenvalue weighted by atomic mass is 16.4. The molecule has 3 rings (SSSR count). The Balaban J connectivity index is 1.61. The summed E-state index contributed by atoms with van der Waals surface area (Å²) in [6, 6.07) is -0.188. The molecule has 2 amide bonds. The number of amides is 2. The van der Waals surface area contributed by atoms with Crippen LogP contribution >= 0.6 is 0 Å². The summed E-state index contributed by atoms with van der Waals surface area (Å²) in [6.07, 6.45) is 6.98. The predicted molar refractivity (Wildman–Crippen MR) is 78.1 cm³/mol. The highest BCUT2D eigenvalue weighted by molar-refractivity contribution is 5.83. The van der Waals surface area contributed by atoms with Crippen LogP contribution in [0.2, 0.25) is 0 Å². The maximum atomic E-state index is 12.5. The molecule has 3 aliphatic heterocycles. The summed E-state index contributed by atoms with van der Waals surface area (Å²) in [5.41, 5.74) is 0. The number of aliphatic carboxylic acids is 1. The largest absolute Gasteiger partial charge is 0.480 e. The van der Waals surface area contributed by atoms with E-state index in [1.807, 2.05) is 0 Å². The monoisotopic (exact) mass is 295 g/mol. The van der Waals surface area contributed by atoms with Gasteiger partial charge in [0, 0.05) is 25.2 Å². The molecule has 21 heavy (non-hydrogen) atoms. The van der Waals surface area contributed by atoms with E-state index in [1.54, 1.807) is 0 Å². The highest BCUT2D eigenvalue weighted by Gasteiger charge is 2.38. The van der Waals surface area contributed by atoms with Gasteiger partial charge in [0.2, 0.25) is 0 Å². The van der Waals surface area contributed by atoms with Crippen LogP contribution in [0.5, 0.6) is 0 Å². The molecule has 3 fully saturated rings. The lowest BCUT2D eigenvalue weighted by atomic mass is 9.99. The van der Waals surface area contributed by atoms with Gasteiger partial charge in [-0.2, -0.15) is 0 Å². The Kier molecular flexibility index (Phi) is 4.33. The van der Waals surface area contributed by atoms with E-state index in [0.717, 1.165) is 38.8 Å². The maximum Gasteiger partial charge on any atom is 0.326 e. The van der Waals surface area contributed by atoms with Gasteiger partial charge >= 0.3 is 12.0 Å². The number of hydrogen-bond donors (Lipinski definition) is 2. The van der Waals surface area contributed by atoms with E-state index in [-0.39, 0.29) is 12.1 Å². The van der Waals surface area contributed by atoms with Crippen molar-refractivity contribution in [2.75, 3.05) is 19.6 Å². The Morgan fingerprint density at radius 1 is 0.952 bits per heavy atom. The Morgan fingerprint density at radius 3 is 2.52 bits per heavy atom. The standard InChI is InChI=1S/C15H25N3O3/c19-14(20)13-6-2-4-9-18(13)15(21)16-11-7-10-17-8-3-1-5-12(11)17/h11-13H,1-10H2,(H,16,21)(H,19,20). The predicted octanol–water partition coefficient (Wildman–Crippen LogP) is 1.26. The maximum absolute atomic E-state index is 12.5. The number of piperidine rings is 2. The minimum absolute atomic E-state index is 0.181. The van der Waals surface area contributed by atoms with Gasteiger partial charge in [0.25, 0.3) is 0 Å². The van der Waals surface area contributed by atoms with E-state index >= 15 is 0 Å². The van der Waals surface area contributed by atoms with E-state index in [2.05, 4.69) is 10.2 Å². The van der Waals surface area contributed by atoms with Crippen LogP contribution in [0.4, 0.5) is 4.79 Å². The number of nitrogens with zero attached hydrogens (tertiary/aromatic N) is 2. The molecule has 118 valence electrons.